The van der Waals surface area contributed by atoms with E-state index in [0.29, 0.717) is 17.5 Å². The molecule has 0 radical (unpaired) electrons. The van der Waals surface area contributed by atoms with E-state index in [1.54, 1.807) is 0 Å². The first kappa shape index (κ1) is 19.0. The van der Waals surface area contributed by atoms with Gasteiger partial charge in [-0.05, 0) is 38.5 Å². The number of anilines is 1. The van der Waals surface area contributed by atoms with Crippen LogP contribution in [0.5, 0.6) is 0 Å². The second-order valence-corrected chi connectivity index (χ2v) is 8.15. The van der Waals surface area contributed by atoms with E-state index in [4.69, 9.17) is 21.3 Å². The van der Waals surface area contributed by atoms with Crippen molar-refractivity contribution >= 4 is 23.2 Å². The van der Waals surface area contributed by atoms with Crippen LogP contribution in [0.1, 0.15) is 29.8 Å². The molecule has 1 saturated heterocycles. The summed E-state index contributed by atoms with van der Waals surface area (Å²) in [7, 11) is 0. The largest absolute Gasteiger partial charge is 0.367 e. The number of hydrogen-bond donors (Lipinski definition) is 1. The predicted molar refractivity (Wildman–Crippen MR) is 115 cm³/mol. The van der Waals surface area contributed by atoms with E-state index in [1.807, 2.05) is 55.2 Å². The van der Waals surface area contributed by atoms with E-state index in [0.717, 1.165) is 40.4 Å². The lowest BCUT2D eigenvalue weighted by molar-refractivity contribution is -0.0181. The molecule has 1 fully saturated rings. The molecule has 2 atom stereocenters. The van der Waals surface area contributed by atoms with E-state index in [-0.39, 0.29) is 12.2 Å². The minimum atomic E-state index is -0.0875. The fourth-order valence-corrected chi connectivity index (χ4v) is 4.11. The van der Waals surface area contributed by atoms with Crippen LogP contribution in [-0.2, 0) is 4.74 Å². The molecule has 1 aliphatic rings. The molecular weight excluding hydrogens is 402 g/mol. The maximum absolute atomic E-state index is 6.21. The number of aromatic nitrogens is 6. The minimum Gasteiger partial charge on any atom is -0.367 e. The number of ether oxygens (including phenoxy) is 1. The number of nitrogens with zero attached hydrogens (tertiary/aromatic N) is 6. The van der Waals surface area contributed by atoms with Gasteiger partial charge >= 0.3 is 0 Å². The molecule has 0 amide bonds. The number of morpholine rings is 1. The summed E-state index contributed by atoms with van der Waals surface area (Å²) < 4.78 is 8.13. The molecule has 154 valence electrons. The van der Waals surface area contributed by atoms with E-state index in [2.05, 4.69) is 32.0 Å². The molecule has 0 saturated carbocycles. The van der Waals surface area contributed by atoms with Crippen LogP contribution in [0.25, 0.3) is 17.0 Å². The van der Waals surface area contributed by atoms with Crippen LogP contribution in [-0.4, -0.2) is 48.7 Å². The number of H-pyrrole nitrogens is 1. The molecule has 9 heteroatoms. The van der Waals surface area contributed by atoms with E-state index in [1.165, 1.54) is 0 Å². The van der Waals surface area contributed by atoms with Gasteiger partial charge in [0, 0.05) is 30.2 Å². The molecule has 8 nitrogen and oxygen atoms in total. The van der Waals surface area contributed by atoms with Gasteiger partial charge in [-0.3, -0.25) is 9.50 Å². The Morgan fingerprint density at radius 2 is 2.00 bits per heavy atom. The molecule has 0 bridgehead atoms. The number of imidazole rings is 1. The lowest BCUT2D eigenvalue weighted by atomic mass is 10.1. The van der Waals surface area contributed by atoms with Crippen molar-refractivity contribution < 1.29 is 4.74 Å². The van der Waals surface area contributed by atoms with Gasteiger partial charge in [-0.15, -0.1) is 0 Å². The van der Waals surface area contributed by atoms with Crippen molar-refractivity contribution in [1.82, 2.24) is 29.5 Å². The predicted octanol–water partition coefficient (Wildman–Crippen LogP) is 3.75. The zero-order valence-electron chi connectivity index (χ0n) is 17.0. The van der Waals surface area contributed by atoms with Gasteiger partial charge in [-0.25, -0.2) is 15.0 Å². The molecule has 1 aliphatic heterocycles. The quantitative estimate of drug-likeness (QED) is 0.540. The van der Waals surface area contributed by atoms with Gasteiger partial charge in [0.15, 0.2) is 0 Å². The van der Waals surface area contributed by atoms with Crippen LogP contribution in [0.2, 0.25) is 5.02 Å². The average molecular weight is 424 g/mol. The minimum absolute atomic E-state index is 0.0426. The van der Waals surface area contributed by atoms with Gasteiger partial charge in [0.1, 0.15) is 11.8 Å². The Hall–Kier alpha value is -2.97. The summed E-state index contributed by atoms with van der Waals surface area (Å²) in [6, 6.07) is 3.73. The highest BCUT2D eigenvalue weighted by molar-refractivity contribution is 6.30. The standard InChI is InChI=1S/C21H22ClN7O/c1-12-6-24-21(26-20(12)17-8-23-19-5-4-15(22)10-29(17)19)28-9-13(2)30-18(11-28)16-7-25-27-14(16)3/h4-8,10,13,18H,9,11H2,1-3H3,(H,25,27)/t13-,18-/m1/s1. The SMILES string of the molecule is Cc1cnc(N2C[C@@H](C)O[C@@H](c3cn[nH]c3C)C2)nc1-c1cnc2ccc(Cl)cn12. The normalized spacial score (nSPS) is 19.5. The highest BCUT2D eigenvalue weighted by Crippen LogP contribution is 2.30. The molecular formula is C21H22ClN7O. The second kappa shape index (κ2) is 7.37. The smallest absolute Gasteiger partial charge is 0.226 e. The summed E-state index contributed by atoms with van der Waals surface area (Å²) in [4.78, 5) is 16.2. The first-order valence-electron chi connectivity index (χ1n) is 9.86. The average Bonchev–Trinajstić information content (AvgIpc) is 3.33. The summed E-state index contributed by atoms with van der Waals surface area (Å²) in [6.07, 6.45) is 7.33. The highest BCUT2D eigenvalue weighted by Gasteiger charge is 2.30. The van der Waals surface area contributed by atoms with Crippen LogP contribution < -0.4 is 4.90 Å². The van der Waals surface area contributed by atoms with Crippen molar-refractivity contribution in [2.45, 2.75) is 33.0 Å². The Labute approximate surface area is 178 Å². The van der Waals surface area contributed by atoms with Gasteiger partial charge < -0.3 is 9.64 Å². The van der Waals surface area contributed by atoms with Crippen LogP contribution in [0.15, 0.2) is 36.9 Å². The summed E-state index contributed by atoms with van der Waals surface area (Å²) in [5.41, 5.74) is 5.60. The lowest BCUT2D eigenvalue weighted by Crippen LogP contribution is -2.43. The van der Waals surface area contributed by atoms with Gasteiger partial charge in [0.25, 0.3) is 0 Å². The molecule has 5 heterocycles. The van der Waals surface area contributed by atoms with Gasteiger partial charge in [0.2, 0.25) is 5.95 Å². The third-order valence-corrected chi connectivity index (χ3v) is 5.65. The maximum atomic E-state index is 6.21. The van der Waals surface area contributed by atoms with Crippen molar-refractivity contribution in [3.8, 4) is 11.4 Å². The van der Waals surface area contributed by atoms with Gasteiger partial charge in [-0.1, -0.05) is 11.6 Å². The van der Waals surface area contributed by atoms with Crippen LogP contribution in [0, 0.1) is 13.8 Å². The monoisotopic (exact) mass is 423 g/mol. The number of halogens is 1. The Kier molecular flexibility index (Phi) is 4.67. The molecule has 4 aromatic rings. The van der Waals surface area contributed by atoms with Crippen molar-refractivity contribution in [3.05, 3.63) is 58.8 Å². The number of hydrogen-bond acceptors (Lipinski definition) is 6. The second-order valence-electron chi connectivity index (χ2n) is 7.71. The number of aromatic amines is 1. The lowest BCUT2D eigenvalue weighted by Gasteiger charge is -2.36. The Morgan fingerprint density at radius 1 is 1.13 bits per heavy atom. The van der Waals surface area contributed by atoms with Crippen molar-refractivity contribution in [2.24, 2.45) is 0 Å². The Bertz CT molecular complexity index is 1220. The number of nitrogens with one attached hydrogen (secondary N) is 1. The van der Waals surface area contributed by atoms with E-state index in [9.17, 15) is 0 Å². The van der Waals surface area contributed by atoms with E-state index < -0.39 is 0 Å². The zero-order chi connectivity index (χ0) is 20.8. The van der Waals surface area contributed by atoms with Crippen molar-refractivity contribution in [3.63, 3.8) is 0 Å². The Morgan fingerprint density at radius 3 is 2.80 bits per heavy atom. The summed E-state index contributed by atoms with van der Waals surface area (Å²) in [5, 5.41) is 7.78. The maximum Gasteiger partial charge on any atom is 0.226 e. The number of rotatable bonds is 3. The topological polar surface area (TPSA) is 84.2 Å². The molecule has 1 N–H and O–H groups in total. The summed E-state index contributed by atoms with van der Waals surface area (Å²) in [6.45, 7) is 7.45. The van der Waals surface area contributed by atoms with Gasteiger partial charge in [-0.2, -0.15) is 5.10 Å². The third-order valence-electron chi connectivity index (χ3n) is 5.43. The first-order valence-corrected chi connectivity index (χ1v) is 10.2. The molecule has 0 spiro atoms. The molecule has 0 aromatic carbocycles. The molecule has 4 aromatic heterocycles. The van der Waals surface area contributed by atoms with Crippen LogP contribution >= 0.6 is 11.6 Å². The van der Waals surface area contributed by atoms with Crippen LogP contribution in [0.4, 0.5) is 5.95 Å². The fourth-order valence-electron chi connectivity index (χ4n) is 3.95. The third kappa shape index (κ3) is 3.32. The molecule has 0 unspecified atom stereocenters. The number of aryl methyl sites for hydroxylation is 2. The van der Waals surface area contributed by atoms with Crippen molar-refractivity contribution in [2.75, 3.05) is 18.0 Å². The Balaban J connectivity index is 1.52. The zero-order valence-corrected chi connectivity index (χ0v) is 17.8. The highest BCUT2D eigenvalue weighted by atomic mass is 35.5. The molecule has 0 aliphatic carbocycles. The van der Waals surface area contributed by atoms with Gasteiger partial charge in [0.05, 0.1) is 41.5 Å². The van der Waals surface area contributed by atoms with E-state index >= 15 is 0 Å². The summed E-state index contributed by atoms with van der Waals surface area (Å²) >= 11 is 6.21. The first-order chi connectivity index (χ1) is 14.5. The van der Waals surface area contributed by atoms with Crippen molar-refractivity contribution in [1.29, 1.82) is 0 Å². The molecule has 30 heavy (non-hydrogen) atoms. The summed E-state index contributed by atoms with van der Waals surface area (Å²) in [5.74, 6) is 0.675. The number of fused-ring (bicyclic) bond motifs is 1. The number of pyridine rings is 1. The van der Waals surface area contributed by atoms with Crippen LogP contribution in [0.3, 0.4) is 0 Å². The molecule has 5 rings (SSSR count). The fraction of sp³-hybridized carbons (Fsp3) is 0.333.